The quantitative estimate of drug-likeness (QED) is 0.688. The Balaban J connectivity index is 2.02. The lowest BCUT2D eigenvalue weighted by Gasteiger charge is -2.24. The van der Waals surface area contributed by atoms with Gasteiger partial charge in [0, 0.05) is 18.2 Å². The molecule has 10 heteroatoms. The van der Waals surface area contributed by atoms with E-state index in [9.17, 15) is 23.5 Å². The zero-order valence-corrected chi connectivity index (χ0v) is 14.6. The number of nitrogen functional groups attached to an aromatic ring is 1. The van der Waals surface area contributed by atoms with Gasteiger partial charge in [0.15, 0.2) is 5.82 Å². The zero-order valence-electron chi connectivity index (χ0n) is 14.6. The molecule has 4 N–H and O–H groups in total. The summed E-state index contributed by atoms with van der Waals surface area (Å²) in [6, 6.07) is -0.140. The Morgan fingerprint density at radius 2 is 2.00 bits per heavy atom. The number of hydrogen-bond acceptors (Lipinski definition) is 5. The number of fused-ring (bicyclic) bond motifs is 1. The topological polar surface area (TPSA) is 104 Å². The fourth-order valence-electron chi connectivity index (χ4n) is 3.95. The number of aryl methyl sites for hydroxylation is 1. The first kappa shape index (κ1) is 17.9. The van der Waals surface area contributed by atoms with Crippen LogP contribution in [0.4, 0.5) is 24.5 Å². The summed E-state index contributed by atoms with van der Waals surface area (Å²) in [6.45, 7) is -0.289. The molecule has 1 aromatic heterocycles. The molecule has 0 spiro atoms. The molecule has 2 aliphatic rings. The van der Waals surface area contributed by atoms with Gasteiger partial charge in [-0.25, -0.2) is 18.0 Å². The third-order valence-corrected chi connectivity index (χ3v) is 5.46. The minimum Gasteiger partial charge on any atom is -0.396 e. The van der Waals surface area contributed by atoms with E-state index in [2.05, 4.69) is 4.98 Å². The van der Waals surface area contributed by atoms with E-state index in [4.69, 9.17) is 5.73 Å². The molecule has 1 aliphatic heterocycles. The summed E-state index contributed by atoms with van der Waals surface area (Å²) in [6.07, 6.45) is 1.45. The molecular weight excluding hydrogens is 365 g/mol. The maximum Gasteiger partial charge on any atom is 0.329 e. The van der Waals surface area contributed by atoms with Gasteiger partial charge in [-0.15, -0.1) is 0 Å². The van der Waals surface area contributed by atoms with Crippen LogP contribution in [0, 0.1) is 18.7 Å². The predicted octanol–water partition coefficient (Wildman–Crippen LogP) is 1.12. The van der Waals surface area contributed by atoms with Crippen molar-refractivity contribution in [3.63, 3.8) is 0 Å². The SMILES string of the molecule is Cc1c(N2CC(CO)C(F)(F)C2)c(F)c(N)c2c(=O)[nH]c(=O)n(C3CC3)c12. The number of aromatic nitrogens is 2. The van der Waals surface area contributed by atoms with Crippen LogP contribution in [0.5, 0.6) is 0 Å². The number of nitrogens with one attached hydrogen (secondary N) is 1. The van der Waals surface area contributed by atoms with E-state index in [0.717, 1.165) is 17.7 Å². The number of rotatable bonds is 3. The van der Waals surface area contributed by atoms with Crippen molar-refractivity contribution < 1.29 is 18.3 Å². The van der Waals surface area contributed by atoms with E-state index in [-0.39, 0.29) is 34.7 Å². The average Bonchev–Trinajstić information content (AvgIpc) is 3.36. The van der Waals surface area contributed by atoms with Crippen molar-refractivity contribution in [3.8, 4) is 0 Å². The van der Waals surface area contributed by atoms with Crippen LogP contribution in [-0.4, -0.2) is 40.3 Å². The van der Waals surface area contributed by atoms with Crippen LogP contribution in [0.15, 0.2) is 9.59 Å². The Morgan fingerprint density at radius 1 is 1.33 bits per heavy atom. The summed E-state index contributed by atoms with van der Waals surface area (Å²) in [5, 5.41) is 9.07. The summed E-state index contributed by atoms with van der Waals surface area (Å²) in [4.78, 5) is 27.9. The van der Waals surface area contributed by atoms with Gasteiger partial charge in [-0.1, -0.05) is 0 Å². The number of anilines is 2. The molecule has 1 saturated carbocycles. The van der Waals surface area contributed by atoms with Crippen molar-refractivity contribution in [3.05, 3.63) is 32.2 Å². The number of nitrogens with zero attached hydrogens (tertiary/aromatic N) is 2. The lowest BCUT2D eigenvalue weighted by atomic mass is 10.0. The van der Waals surface area contributed by atoms with Crippen LogP contribution >= 0.6 is 0 Å². The summed E-state index contributed by atoms with van der Waals surface area (Å²) in [5.41, 5.74) is 4.17. The van der Waals surface area contributed by atoms with E-state index < -0.39 is 47.7 Å². The monoisotopic (exact) mass is 384 g/mol. The number of benzene rings is 1. The highest BCUT2D eigenvalue weighted by atomic mass is 19.3. The van der Waals surface area contributed by atoms with E-state index >= 15 is 4.39 Å². The normalized spacial score (nSPS) is 22.0. The van der Waals surface area contributed by atoms with Crippen molar-refractivity contribution in [2.24, 2.45) is 5.92 Å². The zero-order chi connectivity index (χ0) is 19.7. The lowest BCUT2D eigenvalue weighted by molar-refractivity contribution is -0.0391. The molecular formula is C17H19F3N4O3. The fourth-order valence-corrected chi connectivity index (χ4v) is 3.95. The van der Waals surface area contributed by atoms with Crippen molar-refractivity contribution in [2.45, 2.75) is 31.7 Å². The van der Waals surface area contributed by atoms with Gasteiger partial charge in [0.05, 0.1) is 41.3 Å². The first-order valence-electron chi connectivity index (χ1n) is 8.67. The highest BCUT2D eigenvalue weighted by Gasteiger charge is 2.49. The van der Waals surface area contributed by atoms with Gasteiger partial charge < -0.3 is 15.7 Å². The van der Waals surface area contributed by atoms with E-state index in [1.54, 1.807) is 0 Å². The largest absolute Gasteiger partial charge is 0.396 e. The summed E-state index contributed by atoms with van der Waals surface area (Å²) >= 11 is 0. The molecule has 0 radical (unpaired) electrons. The van der Waals surface area contributed by atoms with Crippen molar-refractivity contribution >= 4 is 22.3 Å². The van der Waals surface area contributed by atoms with Gasteiger partial charge in [0.2, 0.25) is 0 Å². The molecule has 0 bridgehead atoms. The first-order valence-corrected chi connectivity index (χ1v) is 8.67. The van der Waals surface area contributed by atoms with Crippen molar-refractivity contribution in [1.29, 1.82) is 0 Å². The average molecular weight is 384 g/mol. The van der Waals surface area contributed by atoms with Crippen molar-refractivity contribution in [2.75, 3.05) is 30.3 Å². The fraction of sp³-hybridized carbons (Fsp3) is 0.529. The Morgan fingerprint density at radius 3 is 2.56 bits per heavy atom. The maximum atomic E-state index is 15.0. The number of aliphatic hydroxyl groups is 1. The molecule has 146 valence electrons. The second-order valence-corrected chi connectivity index (χ2v) is 7.31. The smallest absolute Gasteiger partial charge is 0.329 e. The summed E-state index contributed by atoms with van der Waals surface area (Å²) in [5.74, 6) is -5.50. The van der Waals surface area contributed by atoms with Crippen LogP contribution in [0.3, 0.4) is 0 Å². The molecule has 1 saturated heterocycles. The molecule has 0 amide bonds. The van der Waals surface area contributed by atoms with E-state index in [1.807, 2.05) is 0 Å². The van der Waals surface area contributed by atoms with Gasteiger partial charge in [0.25, 0.3) is 11.5 Å². The standard InChI is InChI=1S/C17H19F3N4O3/c1-7-13-10(15(26)22-16(27)24(13)9-2-3-9)12(21)11(18)14(7)23-4-8(5-25)17(19,20)6-23/h8-9,25H,2-6,21H2,1H3,(H,22,26,27). The van der Waals surface area contributed by atoms with Crippen molar-refractivity contribution in [1.82, 2.24) is 9.55 Å². The van der Waals surface area contributed by atoms with E-state index in [0.29, 0.717) is 0 Å². The minimum absolute atomic E-state index is 0.140. The molecule has 2 aromatic rings. The van der Waals surface area contributed by atoms with Gasteiger partial charge in [-0.05, 0) is 19.8 Å². The lowest BCUT2D eigenvalue weighted by Crippen LogP contribution is -2.32. The molecule has 1 unspecified atom stereocenters. The highest BCUT2D eigenvalue weighted by Crippen LogP contribution is 2.43. The Hall–Kier alpha value is -2.49. The van der Waals surface area contributed by atoms with E-state index in [1.165, 1.54) is 11.5 Å². The highest BCUT2D eigenvalue weighted by molar-refractivity contribution is 5.97. The van der Waals surface area contributed by atoms with Crippen LogP contribution in [-0.2, 0) is 0 Å². The number of nitrogens with two attached hydrogens (primary N) is 1. The molecule has 7 nitrogen and oxygen atoms in total. The number of H-pyrrole nitrogens is 1. The molecule has 1 atom stereocenters. The van der Waals surface area contributed by atoms with Gasteiger partial charge in [-0.2, -0.15) is 0 Å². The predicted molar refractivity (Wildman–Crippen MR) is 93.9 cm³/mol. The second-order valence-electron chi connectivity index (χ2n) is 7.31. The Bertz CT molecular complexity index is 1060. The van der Waals surface area contributed by atoms with Gasteiger partial charge >= 0.3 is 5.69 Å². The number of aromatic amines is 1. The van der Waals surface area contributed by atoms with Gasteiger partial charge in [-0.3, -0.25) is 14.3 Å². The first-order chi connectivity index (χ1) is 12.7. The minimum atomic E-state index is -3.19. The maximum absolute atomic E-state index is 15.0. The molecule has 1 aromatic carbocycles. The molecule has 2 heterocycles. The Labute approximate surface area is 151 Å². The summed E-state index contributed by atoms with van der Waals surface area (Å²) < 4.78 is 44.6. The Kier molecular flexibility index (Phi) is 3.81. The third-order valence-electron chi connectivity index (χ3n) is 5.46. The number of hydrogen-bond donors (Lipinski definition) is 3. The number of alkyl halides is 2. The molecule has 2 fully saturated rings. The van der Waals surface area contributed by atoms with Crippen LogP contribution < -0.4 is 21.9 Å². The third kappa shape index (κ3) is 2.53. The second kappa shape index (κ2) is 5.75. The number of halogens is 3. The summed E-state index contributed by atoms with van der Waals surface area (Å²) in [7, 11) is 0. The molecule has 4 rings (SSSR count). The van der Waals surface area contributed by atoms with Crippen LogP contribution in [0.1, 0.15) is 24.4 Å². The van der Waals surface area contributed by atoms with Gasteiger partial charge in [0.1, 0.15) is 0 Å². The number of aliphatic hydroxyl groups excluding tert-OH is 1. The van der Waals surface area contributed by atoms with Crippen LogP contribution in [0.25, 0.3) is 10.9 Å². The molecule has 1 aliphatic carbocycles. The van der Waals surface area contributed by atoms with Crippen LogP contribution in [0.2, 0.25) is 0 Å². The molecule has 27 heavy (non-hydrogen) atoms.